The van der Waals surface area contributed by atoms with Crippen molar-refractivity contribution in [2.24, 2.45) is 7.05 Å². The predicted molar refractivity (Wildman–Crippen MR) is 118 cm³/mol. The Hall–Kier alpha value is -3.93. The molecular weight excluding hydrogens is 378 g/mol. The van der Waals surface area contributed by atoms with Crippen molar-refractivity contribution in [3.63, 3.8) is 0 Å². The predicted octanol–water partition coefficient (Wildman–Crippen LogP) is 3.79. The van der Waals surface area contributed by atoms with Crippen molar-refractivity contribution in [1.82, 2.24) is 9.55 Å². The number of ether oxygens (including phenoxy) is 1. The van der Waals surface area contributed by atoms with Crippen LogP contribution in [-0.2, 0) is 18.3 Å². The van der Waals surface area contributed by atoms with E-state index in [0.717, 1.165) is 16.5 Å². The lowest BCUT2D eigenvalue weighted by Gasteiger charge is -2.16. The molecule has 4 rings (SSSR count). The molecule has 0 saturated heterocycles. The van der Waals surface area contributed by atoms with E-state index >= 15 is 0 Å². The topological polar surface area (TPSA) is 73.2 Å². The first-order valence-electron chi connectivity index (χ1n) is 9.54. The number of anilines is 1. The lowest BCUT2D eigenvalue weighted by Crippen LogP contribution is -2.27. The lowest BCUT2D eigenvalue weighted by molar-refractivity contribution is -0.115. The highest BCUT2D eigenvalue weighted by molar-refractivity contribution is 6.04. The van der Waals surface area contributed by atoms with Gasteiger partial charge in [-0.1, -0.05) is 42.5 Å². The molecule has 0 saturated carbocycles. The van der Waals surface area contributed by atoms with Crippen molar-refractivity contribution in [1.29, 1.82) is 0 Å². The Labute approximate surface area is 173 Å². The Morgan fingerprint density at radius 1 is 1.07 bits per heavy atom. The lowest BCUT2D eigenvalue weighted by atomic mass is 10.00. The standard InChI is InChI=1S/C24H21N3O3/c1-27-23-19(12-7-13-25-23)21(17-10-6-11-18(15-17)30-2)22(24(27)29)26-20(28)14-16-8-4-3-5-9-16/h3-13,15H,14H2,1-2H3,(H,26,28). The number of pyridine rings is 2. The Morgan fingerprint density at radius 2 is 1.87 bits per heavy atom. The minimum absolute atomic E-state index is 0.173. The van der Waals surface area contributed by atoms with Crippen LogP contribution in [0.25, 0.3) is 22.2 Å². The van der Waals surface area contributed by atoms with E-state index in [2.05, 4.69) is 10.3 Å². The van der Waals surface area contributed by atoms with Gasteiger partial charge in [0.15, 0.2) is 0 Å². The van der Waals surface area contributed by atoms with Gasteiger partial charge in [0.1, 0.15) is 17.1 Å². The number of hydrogen-bond donors (Lipinski definition) is 1. The van der Waals surface area contributed by atoms with E-state index in [9.17, 15) is 9.59 Å². The Kier molecular flexibility index (Phi) is 5.30. The molecule has 0 radical (unpaired) electrons. The summed E-state index contributed by atoms with van der Waals surface area (Å²) in [6, 6.07) is 20.5. The first kappa shape index (κ1) is 19.4. The van der Waals surface area contributed by atoms with E-state index < -0.39 is 0 Å². The fraction of sp³-hybridized carbons (Fsp3) is 0.125. The summed E-state index contributed by atoms with van der Waals surface area (Å²) in [4.78, 5) is 30.4. The molecule has 1 N–H and O–H groups in total. The van der Waals surface area contributed by atoms with Crippen LogP contribution >= 0.6 is 0 Å². The summed E-state index contributed by atoms with van der Waals surface area (Å²) in [5, 5.41) is 3.62. The van der Waals surface area contributed by atoms with Crippen LogP contribution in [0.4, 0.5) is 5.69 Å². The van der Waals surface area contributed by atoms with E-state index in [4.69, 9.17) is 4.74 Å². The van der Waals surface area contributed by atoms with Gasteiger partial charge in [-0.05, 0) is 35.4 Å². The molecule has 0 fully saturated rings. The van der Waals surface area contributed by atoms with Crippen molar-refractivity contribution in [3.8, 4) is 16.9 Å². The summed E-state index contributed by atoms with van der Waals surface area (Å²) in [6.45, 7) is 0. The molecule has 0 aliphatic carbocycles. The molecule has 0 aliphatic heterocycles. The van der Waals surface area contributed by atoms with Gasteiger partial charge in [-0.3, -0.25) is 14.2 Å². The van der Waals surface area contributed by atoms with Gasteiger partial charge in [0.05, 0.1) is 13.5 Å². The number of hydrogen-bond acceptors (Lipinski definition) is 4. The van der Waals surface area contributed by atoms with Gasteiger partial charge >= 0.3 is 0 Å². The number of fused-ring (bicyclic) bond motifs is 1. The second-order valence-electron chi connectivity index (χ2n) is 6.93. The second kappa shape index (κ2) is 8.21. The van der Waals surface area contributed by atoms with Gasteiger partial charge in [-0.25, -0.2) is 4.98 Å². The van der Waals surface area contributed by atoms with Crippen LogP contribution in [0.3, 0.4) is 0 Å². The summed E-state index contributed by atoms with van der Waals surface area (Å²) in [5.74, 6) is 0.400. The SMILES string of the molecule is COc1cccc(-c2c(NC(=O)Cc3ccccc3)c(=O)n(C)c3ncccc23)c1. The Morgan fingerprint density at radius 3 is 2.63 bits per heavy atom. The van der Waals surface area contributed by atoms with Gasteiger partial charge < -0.3 is 10.1 Å². The highest BCUT2D eigenvalue weighted by Gasteiger charge is 2.20. The van der Waals surface area contributed by atoms with Gasteiger partial charge in [0, 0.05) is 24.2 Å². The van der Waals surface area contributed by atoms with Gasteiger partial charge in [-0.15, -0.1) is 0 Å². The first-order chi connectivity index (χ1) is 14.6. The van der Waals surface area contributed by atoms with Crippen molar-refractivity contribution in [2.75, 3.05) is 12.4 Å². The van der Waals surface area contributed by atoms with E-state index in [1.54, 1.807) is 20.4 Å². The summed E-state index contributed by atoms with van der Waals surface area (Å²) < 4.78 is 6.81. The number of amides is 1. The molecule has 6 heteroatoms. The number of carbonyl (C=O) groups excluding carboxylic acids is 1. The highest BCUT2D eigenvalue weighted by atomic mass is 16.5. The van der Waals surface area contributed by atoms with E-state index in [1.165, 1.54) is 4.57 Å². The first-order valence-corrected chi connectivity index (χ1v) is 9.54. The molecule has 2 heterocycles. The van der Waals surface area contributed by atoms with E-state index in [-0.39, 0.29) is 23.6 Å². The molecule has 0 atom stereocenters. The van der Waals surface area contributed by atoms with E-state index in [0.29, 0.717) is 17.0 Å². The number of nitrogens with zero attached hydrogens (tertiary/aromatic N) is 2. The number of aryl methyl sites for hydroxylation is 1. The second-order valence-corrected chi connectivity index (χ2v) is 6.93. The number of rotatable bonds is 5. The highest BCUT2D eigenvalue weighted by Crippen LogP contribution is 2.34. The average Bonchev–Trinajstić information content (AvgIpc) is 2.78. The third-order valence-corrected chi connectivity index (χ3v) is 4.97. The molecule has 150 valence electrons. The van der Waals surface area contributed by atoms with Crippen LogP contribution in [-0.4, -0.2) is 22.6 Å². The van der Waals surface area contributed by atoms with Crippen molar-refractivity contribution in [3.05, 3.63) is 88.8 Å². The zero-order valence-electron chi connectivity index (χ0n) is 16.8. The van der Waals surface area contributed by atoms with Gasteiger partial charge in [0.2, 0.25) is 5.91 Å². The number of methoxy groups -OCH3 is 1. The number of nitrogens with one attached hydrogen (secondary N) is 1. The van der Waals surface area contributed by atoms with Gasteiger partial charge in [0.25, 0.3) is 5.56 Å². The molecule has 30 heavy (non-hydrogen) atoms. The molecule has 0 aliphatic rings. The Bertz CT molecular complexity index is 1280. The normalized spacial score (nSPS) is 10.7. The molecule has 1 amide bonds. The molecule has 2 aromatic heterocycles. The zero-order valence-corrected chi connectivity index (χ0v) is 16.8. The molecule has 0 bridgehead atoms. The summed E-state index contributed by atoms with van der Waals surface area (Å²) in [7, 11) is 3.24. The van der Waals surface area contributed by atoms with Crippen molar-refractivity contribution < 1.29 is 9.53 Å². The van der Waals surface area contributed by atoms with Crippen molar-refractivity contribution in [2.45, 2.75) is 6.42 Å². The molecule has 0 unspecified atom stereocenters. The number of aromatic nitrogens is 2. The minimum Gasteiger partial charge on any atom is -0.497 e. The monoisotopic (exact) mass is 399 g/mol. The largest absolute Gasteiger partial charge is 0.497 e. The maximum absolute atomic E-state index is 13.2. The number of carbonyl (C=O) groups is 1. The van der Waals surface area contributed by atoms with Crippen LogP contribution in [0.5, 0.6) is 5.75 Å². The van der Waals surface area contributed by atoms with Crippen LogP contribution in [0.15, 0.2) is 77.7 Å². The number of benzene rings is 2. The van der Waals surface area contributed by atoms with Crippen LogP contribution in [0.1, 0.15) is 5.56 Å². The molecule has 6 nitrogen and oxygen atoms in total. The maximum Gasteiger partial charge on any atom is 0.276 e. The average molecular weight is 399 g/mol. The maximum atomic E-state index is 13.2. The van der Waals surface area contributed by atoms with Crippen molar-refractivity contribution >= 4 is 22.6 Å². The quantitative estimate of drug-likeness (QED) is 0.554. The Balaban J connectivity index is 1.88. The summed E-state index contributed by atoms with van der Waals surface area (Å²) in [5.41, 5.74) is 2.72. The zero-order chi connectivity index (χ0) is 21.1. The molecule has 0 spiro atoms. The smallest absolute Gasteiger partial charge is 0.276 e. The fourth-order valence-corrected chi connectivity index (χ4v) is 3.52. The summed E-state index contributed by atoms with van der Waals surface area (Å²) >= 11 is 0. The molecule has 2 aromatic carbocycles. The molecule has 4 aromatic rings. The summed E-state index contributed by atoms with van der Waals surface area (Å²) in [6.07, 6.45) is 1.82. The third kappa shape index (κ3) is 3.67. The van der Waals surface area contributed by atoms with Crippen LogP contribution in [0, 0.1) is 0 Å². The molecular formula is C24H21N3O3. The minimum atomic E-state index is -0.319. The van der Waals surface area contributed by atoms with E-state index in [1.807, 2.05) is 66.7 Å². The van der Waals surface area contributed by atoms with Crippen LogP contribution < -0.4 is 15.6 Å². The third-order valence-electron chi connectivity index (χ3n) is 4.97. The van der Waals surface area contributed by atoms with Gasteiger partial charge in [-0.2, -0.15) is 0 Å². The fourth-order valence-electron chi connectivity index (χ4n) is 3.52. The van der Waals surface area contributed by atoms with Crippen LogP contribution in [0.2, 0.25) is 0 Å².